The van der Waals surface area contributed by atoms with E-state index in [9.17, 15) is 0 Å². The first-order valence-corrected chi connectivity index (χ1v) is 15.9. The summed E-state index contributed by atoms with van der Waals surface area (Å²) in [4.78, 5) is 15.0. The molecule has 2 heterocycles. The van der Waals surface area contributed by atoms with Gasteiger partial charge in [-0.3, -0.25) is 0 Å². The molecular weight excluding hydrogens is 550 g/mol. The van der Waals surface area contributed by atoms with Crippen molar-refractivity contribution in [2.45, 2.75) is 40.5 Å². The molecule has 0 unspecified atom stereocenters. The quantitative estimate of drug-likeness (QED) is 0.177. The Kier molecular flexibility index (Phi) is 7.72. The van der Waals surface area contributed by atoms with Gasteiger partial charge in [-0.15, -0.1) is 0 Å². The second-order valence-electron chi connectivity index (χ2n) is 12.7. The molecule has 0 N–H and O–H groups in total. The second-order valence-corrected chi connectivity index (χ2v) is 12.7. The molecule has 0 atom stereocenters. The average Bonchev–Trinajstić information content (AvgIpc) is 3.47. The molecule has 0 aliphatic heterocycles. The van der Waals surface area contributed by atoms with Gasteiger partial charge in [-0.1, -0.05) is 107 Å². The molecule has 222 valence electrons. The smallest absolute Gasteiger partial charge is 0.227 e. The highest BCUT2D eigenvalue weighted by molar-refractivity contribution is 5.87. The highest BCUT2D eigenvalue weighted by Crippen LogP contribution is 2.34. The van der Waals surface area contributed by atoms with Crippen molar-refractivity contribution in [1.82, 2.24) is 15.0 Å². The number of nitrogens with zero attached hydrogens (tertiary/aromatic N) is 3. The third-order valence-electron chi connectivity index (χ3n) is 8.21. The Morgan fingerprint density at radius 1 is 0.467 bits per heavy atom. The molecule has 0 spiro atoms. The molecule has 7 aromatic rings. The Morgan fingerprint density at radius 2 is 0.933 bits per heavy atom. The first-order chi connectivity index (χ1) is 21.9. The summed E-state index contributed by atoms with van der Waals surface area (Å²) in [7, 11) is 0. The largest absolute Gasteiger partial charge is 0.436 e. The van der Waals surface area contributed by atoms with Crippen LogP contribution in [-0.2, 0) is 12.8 Å². The topological polar surface area (TPSA) is 51.8 Å². The summed E-state index contributed by atoms with van der Waals surface area (Å²) >= 11 is 0. The van der Waals surface area contributed by atoms with Gasteiger partial charge in [0.1, 0.15) is 5.52 Å². The van der Waals surface area contributed by atoms with E-state index in [1.54, 1.807) is 0 Å². The van der Waals surface area contributed by atoms with Crippen molar-refractivity contribution in [3.8, 4) is 45.1 Å². The van der Waals surface area contributed by atoms with Gasteiger partial charge < -0.3 is 4.42 Å². The number of para-hydroxylation sites is 2. The molecule has 5 aromatic carbocycles. The lowest BCUT2D eigenvalue weighted by molar-refractivity contribution is 0.607. The zero-order chi connectivity index (χ0) is 30.9. The highest BCUT2D eigenvalue weighted by Gasteiger charge is 2.16. The van der Waals surface area contributed by atoms with E-state index in [1.165, 1.54) is 11.1 Å². The molecule has 45 heavy (non-hydrogen) atoms. The molecule has 0 saturated carbocycles. The van der Waals surface area contributed by atoms with Crippen LogP contribution in [0.2, 0.25) is 0 Å². The summed E-state index contributed by atoms with van der Waals surface area (Å²) in [5.74, 6) is 1.84. The van der Waals surface area contributed by atoms with Crippen LogP contribution in [0.3, 0.4) is 0 Å². The van der Waals surface area contributed by atoms with Gasteiger partial charge in [-0.2, -0.15) is 0 Å². The standard InChI is InChI=1S/C41H37N3O/c1-26(2)22-33-24-37-38(25-34(33)23-27(3)4)45-41(44-37)32-20-16-29(17-21-32)28-14-18-31(19-15-28)40-39(30-10-6-5-7-11-30)42-35-12-8-9-13-36(35)43-40/h5-21,24-27H,22-23H2,1-4H3. The number of fused-ring (bicyclic) bond motifs is 2. The predicted octanol–water partition coefficient (Wildman–Crippen LogP) is 10.8. The van der Waals surface area contributed by atoms with Crippen LogP contribution < -0.4 is 0 Å². The molecule has 2 aromatic heterocycles. The SMILES string of the molecule is CC(C)Cc1cc2nc(-c3ccc(-c4ccc(-c5nc6ccccc6nc5-c5ccccc5)cc4)cc3)oc2cc1CC(C)C. The average molecular weight is 588 g/mol. The molecule has 4 nitrogen and oxygen atoms in total. The fourth-order valence-corrected chi connectivity index (χ4v) is 6.07. The summed E-state index contributed by atoms with van der Waals surface area (Å²) in [6.45, 7) is 9.08. The normalized spacial score (nSPS) is 11.7. The minimum atomic E-state index is 0.587. The van der Waals surface area contributed by atoms with Crippen LogP contribution in [0.15, 0.2) is 120 Å². The van der Waals surface area contributed by atoms with E-state index in [1.807, 2.05) is 42.5 Å². The van der Waals surface area contributed by atoms with Crippen LogP contribution in [-0.4, -0.2) is 15.0 Å². The van der Waals surface area contributed by atoms with Crippen molar-refractivity contribution in [2.24, 2.45) is 11.8 Å². The van der Waals surface area contributed by atoms with Gasteiger partial charge in [-0.05, 0) is 83.3 Å². The third kappa shape index (κ3) is 6.01. The Bertz CT molecular complexity index is 2040. The molecule has 7 rings (SSSR count). The molecule has 0 saturated heterocycles. The lowest BCUT2D eigenvalue weighted by Crippen LogP contribution is -2.03. The number of oxazole rings is 1. The van der Waals surface area contributed by atoms with E-state index < -0.39 is 0 Å². The molecule has 0 radical (unpaired) electrons. The van der Waals surface area contributed by atoms with Gasteiger partial charge in [0, 0.05) is 16.7 Å². The van der Waals surface area contributed by atoms with Gasteiger partial charge in [0.05, 0.1) is 22.4 Å². The van der Waals surface area contributed by atoms with Crippen molar-refractivity contribution in [3.05, 3.63) is 126 Å². The Balaban J connectivity index is 1.18. The lowest BCUT2D eigenvalue weighted by atomic mass is 9.92. The van der Waals surface area contributed by atoms with Crippen LogP contribution in [0.1, 0.15) is 38.8 Å². The van der Waals surface area contributed by atoms with E-state index in [0.29, 0.717) is 17.7 Å². The van der Waals surface area contributed by atoms with Crippen molar-refractivity contribution in [2.75, 3.05) is 0 Å². The van der Waals surface area contributed by atoms with Crippen molar-refractivity contribution in [1.29, 1.82) is 0 Å². The van der Waals surface area contributed by atoms with Gasteiger partial charge in [0.25, 0.3) is 0 Å². The lowest BCUT2D eigenvalue weighted by Gasteiger charge is -2.13. The van der Waals surface area contributed by atoms with E-state index in [4.69, 9.17) is 19.4 Å². The maximum absolute atomic E-state index is 6.30. The fourth-order valence-electron chi connectivity index (χ4n) is 6.07. The van der Waals surface area contributed by atoms with E-state index in [-0.39, 0.29) is 0 Å². The van der Waals surface area contributed by atoms with Crippen LogP contribution in [0.4, 0.5) is 0 Å². The highest BCUT2D eigenvalue weighted by atomic mass is 16.3. The zero-order valence-corrected chi connectivity index (χ0v) is 26.3. The van der Waals surface area contributed by atoms with Crippen LogP contribution in [0, 0.1) is 11.8 Å². The van der Waals surface area contributed by atoms with Crippen molar-refractivity contribution in [3.63, 3.8) is 0 Å². The number of benzene rings is 5. The number of aromatic nitrogens is 3. The number of hydrogen-bond acceptors (Lipinski definition) is 4. The molecule has 4 heteroatoms. The molecule has 0 aliphatic carbocycles. The maximum Gasteiger partial charge on any atom is 0.227 e. The van der Waals surface area contributed by atoms with Crippen molar-refractivity contribution >= 4 is 22.1 Å². The Morgan fingerprint density at radius 3 is 1.49 bits per heavy atom. The minimum Gasteiger partial charge on any atom is -0.436 e. The minimum absolute atomic E-state index is 0.587. The first-order valence-electron chi connectivity index (χ1n) is 15.9. The summed E-state index contributed by atoms with van der Waals surface area (Å²) in [5, 5.41) is 0. The van der Waals surface area contributed by atoms with E-state index in [0.717, 1.165) is 74.2 Å². The van der Waals surface area contributed by atoms with Crippen LogP contribution >= 0.6 is 0 Å². The third-order valence-corrected chi connectivity index (χ3v) is 8.21. The summed E-state index contributed by atoms with van der Waals surface area (Å²) in [6.07, 6.45) is 2.09. The molecule has 0 fully saturated rings. The number of hydrogen-bond donors (Lipinski definition) is 0. The number of rotatable bonds is 8. The van der Waals surface area contributed by atoms with Crippen LogP contribution in [0.5, 0.6) is 0 Å². The molecule has 0 bridgehead atoms. The van der Waals surface area contributed by atoms with Crippen LogP contribution in [0.25, 0.3) is 67.2 Å². The van der Waals surface area contributed by atoms with Gasteiger partial charge in [-0.25, -0.2) is 15.0 Å². The van der Waals surface area contributed by atoms with Gasteiger partial charge in [0.2, 0.25) is 5.89 Å². The fraction of sp³-hybridized carbons (Fsp3) is 0.195. The van der Waals surface area contributed by atoms with Gasteiger partial charge >= 0.3 is 0 Å². The van der Waals surface area contributed by atoms with E-state index in [2.05, 4.69) is 100 Å². The Hall–Kier alpha value is -5.09. The first kappa shape index (κ1) is 28.7. The summed E-state index contributed by atoms with van der Waals surface area (Å²) in [5.41, 5.74) is 13.4. The predicted molar refractivity (Wildman–Crippen MR) is 186 cm³/mol. The summed E-state index contributed by atoms with van der Waals surface area (Å²) < 4.78 is 6.30. The van der Waals surface area contributed by atoms with E-state index >= 15 is 0 Å². The summed E-state index contributed by atoms with van der Waals surface area (Å²) in [6, 6.07) is 39.8. The molecule has 0 aliphatic rings. The van der Waals surface area contributed by atoms with Crippen molar-refractivity contribution < 1.29 is 4.42 Å². The zero-order valence-electron chi connectivity index (χ0n) is 26.3. The monoisotopic (exact) mass is 587 g/mol. The second kappa shape index (κ2) is 12.1. The molecule has 0 amide bonds. The maximum atomic E-state index is 6.30. The van der Waals surface area contributed by atoms with Gasteiger partial charge in [0.15, 0.2) is 5.58 Å². The molecular formula is C41H37N3O. The Labute approximate surface area is 264 Å².